The lowest BCUT2D eigenvalue weighted by molar-refractivity contribution is 0.397. The molecule has 0 fully saturated rings. The smallest absolute Gasteiger partial charge is 0.262 e. The van der Waals surface area contributed by atoms with E-state index in [2.05, 4.69) is 4.98 Å². The van der Waals surface area contributed by atoms with Crippen molar-refractivity contribution in [3.05, 3.63) is 48.2 Å². The highest BCUT2D eigenvalue weighted by Gasteiger charge is 2.25. The van der Waals surface area contributed by atoms with Gasteiger partial charge in [0.1, 0.15) is 5.75 Å². The third-order valence-corrected chi connectivity index (χ3v) is 4.82. The van der Waals surface area contributed by atoms with Gasteiger partial charge in [-0.15, -0.1) is 0 Å². The summed E-state index contributed by atoms with van der Waals surface area (Å²) in [5.74, 6) is 0.633. The van der Waals surface area contributed by atoms with Crippen LogP contribution in [0.25, 0.3) is 0 Å². The molecule has 0 saturated heterocycles. The Morgan fingerprint density at radius 2 is 1.95 bits per heavy atom. The molecule has 0 atom stereocenters. The fourth-order valence-electron chi connectivity index (χ4n) is 1.92. The summed E-state index contributed by atoms with van der Waals surface area (Å²) < 4.78 is 31.4. The number of sulfonamides is 1. The summed E-state index contributed by atoms with van der Waals surface area (Å²) in [6, 6.07) is 10.4. The van der Waals surface area contributed by atoms with Crippen molar-refractivity contribution in [1.29, 1.82) is 0 Å². The van der Waals surface area contributed by atoms with Gasteiger partial charge in [0, 0.05) is 25.4 Å². The molecule has 0 radical (unpaired) electrons. The van der Waals surface area contributed by atoms with Gasteiger partial charge in [-0.3, -0.25) is 0 Å². The standard InChI is InChI=1S/C14H17N3O3S/c1-17(10-11-6-3-4-8-13(11)20-2)21(18,19)14-12(15)7-5-9-16-14/h3-9H,10,15H2,1-2H3. The highest BCUT2D eigenvalue weighted by Crippen LogP contribution is 2.23. The molecular weight excluding hydrogens is 290 g/mol. The van der Waals surface area contributed by atoms with Gasteiger partial charge in [-0.1, -0.05) is 18.2 Å². The number of nitrogens with zero attached hydrogens (tertiary/aromatic N) is 2. The lowest BCUT2D eigenvalue weighted by Gasteiger charge is -2.18. The molecule has 0 saturated carbocycles. The second-order valence-corrected chi connectivity index (χ2v) is 6.43. The average molecular weight is 307 g/mol. The monoisotopic (exact) mass is 307 g/mol. The first-order valence-electron chi connectivity index (χ1n) is 6.25. The van der Waals surface area contributed by atoms with Crippen molar-refractivity contribution < 1.29 is 13.2 Å². The number of anilines is 1. The van der Waals surface area contributed by atoms with E-state index in [9.17, 15) is 8.42 Å². The molecule has 1 heterocycles. The van der Waals surface area contributed by atoms with Gasteiger partial charge >= 0.3 is 0 Å². The number of ether oxygens (including phenoxy) is 1. The van der Waals surface area contributed by atoms with E-state index in [1.54, 1.807) is 19.2 Å². The highest BCUT2D eigenvalue weighted by molar-refractivity contribution is 7.89. The van der Waals surface area contributed by atoms with E-state index in [1.165, 1.54) is 23.6 Å². The van der Waals surface area contributed by atoms with Crippen molar-refractivity contribution in [3.63, 3.8) is 0 Å². The molecule has 1 aromatic heterocycles. The Labute approximate surface area is 124 Å². The number of methoxy groups -OCH3 is 1. The lowest BCUT2D eigenvalue weighted by Crippen LogP contribution is -2.28. The molecule has 0 unspecified atom stereocenters. The maximum Gasteiger partial charge on any atom is 0.262 e. The number of rotatable bonds is 5. The first-order chi connectivity index (χ1) is 9.96. The second kappa shape index (κ2) is 6.11. The van der Waals surface area contributed by atoms with E-state index in [1.807, 2.05) is 18.2 Å². The summed E-state index contributed by atoms with van der Waals surface area (Å²) in [5, 5.41) is -0.137. The van der Waals surface area contributed by atoms with E-state index >= 15 is 0 Å². The molecule has 2 rings (SSSR count). The van der Waals surface area contributed by atoms with Crippen LogP contribution < -0.4 is 10.5 Å². The van der Waals surface area contributed by atoms with E-state index in [0.717, 1.165) is 5.56 Å². The fourth-order valence-corrected chi connectivity index (χ4v) is 3.09. The maximum atomic E-state index is 12.5. The van der Waals surface area contributed by atoms with Crippen LogP contribution in [0.2, 0.25) is 0 Å². The largest absolute Gasteiger partial charge is 0.496 e. The normalized spacial score (nSPS) is 11.6. The minimum absolute atomic E-state index is 0.129. The van der Waals surface area contributed by atoms with Crippen molar-refractivity contribution in [2.24, 2.45) is 0 Å². The lowest BCUT2D eigenvalue weighted by atomic mass is 10.2. The summed E-state index contributed by atoms with van der Waals surface area (Å²) >= 11 is 0. The van der Waals surface area contributed by atoms with Gasteiger partial charge in [-0.05, 0) is 18.2 Å². The van der Waals surface area contributed by atoms with Gasteiger partial charge in [-0.25, -0.2) is 13.4 Å². The summed E-state index contributed by atoms with van der Waals surface area (Å²) in [7, 11) is -0.723. The fraction of sp³-hybridized carbons (Fsp3) is 0.214. The summed E-state index contributed by atoms with van der Waals surface area (Å²) in [5.41, 5.74) is 6.59. The Morgan fingerprint density at radius 1 is 1.24 bits per heavy atom. The average Bonchev–Trinajstić information content (AvgIpc) is 2.48. The number of hydrogen-bond acceptors (Lipinski definition) is 5. The molecule has 21 heavy (non-hydrogen) atoms. The van der Waals surface area contributed by atoms with Gasteiger partial charge in [0.2, 0.25) is 0 Å². The van der Waals surface area contributed by atoms with Crippen LogP contribution >= 0.6 is 0 Å². The van der Waals surface area contributed by atoms with E-state index in [-0.39, 0.29) is 17.3 Å². The molecule has 6 nitrogen and oxygen atoms in total. The van der Waals surface area contributed by atoms with Crippen LogP contribution in [0.4, 0.5) is 5.69 Å². The molecule has 2 aromatic rings. The molecule has 7 heteroatoms. The van der Waals surface area contributed by atoms with E-state index in [4.69, 9.17) is 10.5 Å². The van der Waals surface area contributed by atoms with Crippen molar-refractivity contribution in [3.8, 4) is 5.75 Å². The maximum absolute atomic E-state index is 12.5. The van der Waals surface area contributed by atoms with Gasteiger partial charge in [0.15, 0.2) is 5.03 Å². The Kier molecular flexibility index (Phi) is 4.44. The Morgan fingerprint density at radius 3 is 2.62 bits per heavy atom. The third-order valence-electron chi connectivity index (χ3n) is 3.04. The van der Waals surface area contributed by atoms with Crippen LogP contribution in [0, 0.1) is 0 Å². The second-order valence-electron chi connectivity index (χ2n) is 4.47. The minimum Gasteiger partial charge on any atom is -0.496 e. The van der Waals surface area contributed by atoms with E-state index in [0.29, 0.717) is 5.75 Å². The van der Waals surface area contributed by atoms with Crippen LogP contribution in [0.1, 0.15) is 5.56 Å². The van der Waals surface area contributed by atoms with Crippen molar-refractivity contribution in [2.75, 3.05) is 19.9 Å². The zero-order valence-electron chi connectivity index (χ0n) is 11.9. The first-order valence-corrected chi connectivity index (χ1v) is 7.69. The van der Waals surface area contributed by atoms with E-state index < -0.39 is 10.0 Å². The van der Waals surface area contributed by atoms with Gasteiger partial charge in [0.25, 0.3) is 10.0 Å². The summed E-state index contributed by atoms with van der Waals surface area (Å²) in [6.07, 6.45) is 1.40. The number of nitrogen functional groups attached to an aromatic ring is 1. The number of aromatic nitrogens is 1. The molecule has 0 amide bonds. The zero-order valence-corrected chi connectivity index (χ0v) is 12.7. The van der Waals surface area contributed by atoms with Gasteiger partial charge < -0.3 is 10.5 Å². The molecule has 112 valence electrons. The Balaban J connectivity index is 2.32. The number of hydrogen-bond donors (Lipinski definition) is 1. The molecule has 0 bridgehead atoms. The van der Waals surface area contributed by atoms with Gasteiger partial charge in [-0.2, -0.15) is 4.31 Å². The Bertz CT molecular complexity index is 732. The minimum atomic E-state index is -3.75. The topological polar surface area (TPSA) is 85.5 Å². The predicted molar refractivity (Wildman–Crippen MR) is 80.3 cm³/mol. The number of benzene rings is 1. The molecule has 0 aliphatic heterocycles. The molecule has 0 aliphatic rings. The number of nitrogens with two attached hydrogens (primary N) is 1. The van der Waals surface area contributed by atoms with Crippen molar-refractivity contribution >= 4 is 15.7 Å². The zero-order chi connectivity index (χ0) is 15.5. The molecule has 2 N–H and O–H groups in total. The third kappa shape index (κ3) is 3.14. The molecule has 1 aromatic carbocycles. The molecule has 0 aliphatic carbocycles. The Hall–Kier alpha value is -2.12. The molecular formula is C14H17N3O3S. The van der Waals surface area contributed by atoms with Crippen molar-refractivity contribution in [2.45, 2.75) is 11.6 Å². The summed E-state index contributed by atoms with van der Waals surface area (Å²) in [6.45, 7) is 0.169. The number of para-hydroxylation sites is 1. The van der Waals surface area contributed by atoms with Gasteiger partial charge in [0.05, 0.1) is 12.8 Å². The van der Waals surface area contributed by atoms with Crippen molar-refractivity contribution in [1.82, 2.24) is 9.29 Å². The van der Waals surface area contributed by atoms with Crippen LogP contribution in [-0.2, 0) is 16.6 Å². The quantitative estimate of drug-likeness (QED) is 0.904. The number of pyridine rings is 1. The van der Waals surface area contributed by atoms with Crippen LogP contribution in [0.15, 0.2) is 47.6 Å². The predicted octanol–water partition coefficient (Wildman–Crippen LogP) is 1.49. The summed E-state index contributed by atoms with van der Waals surface area (Å²) in [4.78, 5) is 3.87. The van der Waals surface area contributed by atoms with Crippen LogP contribution in [0.5, 0.6) is 5.75 Å². The molecule has 0 spiro atoms. The highest BCUT2D eigenvalue weighted by atomic mass is 32.2. The van der Waals surface area contributed by atoms with Crippen LogP contribution in [-0.4, -0.2) is 31.9 Å². The first kappa shape index (κ1) is 15.3. The van der Waals surface area contributed by atoms with Crippen LogP contribution in [0.3, 0.4) is 0 Å². The SMILES string of the molecule is COc1ccccc1CN(C)S(=O)(=O)c1ncccc1N.